The van der Waals surface area contributed by atoms with E-state index in [4.69, 9.17) is 22.1 Å². The predicted molar refractivity (Wildman–Crippen MR) is 91.7 cm³/mol. The molecule has 1 heterocycles. The topological polar surface area (TPSA) is 81.9 Å². The molecule has 1 aromatic rings. The third kappa shape index (κ3) is 3.98. The predicted octanol–water partition coefficient (Wildman–Crippen LogP) is 2.71. The van der Waals surface area contributed by atoms with Crippen LogP contribution in [0.3, 0.4) is 0 Å². The number of esters is 1. The number of ether oxygens (including phenoxy) is 2. The van der Waals surface area contributed by atoms with Crippen molar-refractivity contribution in [1.82, 2.24) is 4.90 Å². The summed E-state index contributed by atoms with van der Waals surface area (Å²) in [5.74, 6) is -3.73. The molecule has 3 unspecified atom stereocenters. The molecule has 1 aromatic carbocycles. The number of rotatable bonds is 4. The molecule has 2 N–H and O–H groups in total. The number of carbonyl (C=O) groups is 2. The summed E-state index contributed by atoms with van der Waals surface area (Å²) in [5.41, 5.74) is 7.40. The van der Waals surface area contributed by atoms with Crippen LogP contribution in [0.5, 0.6) is 5.75 Å². The van der Waals surface area contributed by atoms with E-state index >= 15 is 0 Å². The first kappa shape index (κ1) is 21.3. The maximum absolute atomic E-state index is 12.7. The van der Waals surface area contributed by atoms with E-state index in [1.807, 2.05) is 0 Å². The van der Waals surface area contributed by atoms with Gasteiger partial charge < -0.3 is 20.1 Å². The molecule has 1 aliphatic heterocycles. The standard InChI is InChI=1S/C17H20ClF3N2O4/c1-7-11(18)5-9(8(2)22)13(26-4)12(7)10-6-23(3)15(24)14(10)27-16(25)17(19,20)21/h5,8,10,14H,6,22H2,1-4H3. The molecule has 0 aliphatic carbocycles. The second kappa shape index (κ2) is 7.55. The lowest BCUT2D eigenvalue weighted by Crippen LogP contribution is -2.36. The molecule has 0 bridgehead atoms. The molecule has 1 aliphatic rings. The Kier molecular flexibility index (Phi) is 5.96. The highest BCUT2D eigenvalue weighted by atomic mass is 35.5. The van der Waals surface area contributed by atoms with Crippen molar-refractivity contribution in [2.75, 3.05) is 20.7 Å². The van der Waals surface area contributed by atoms with Crippen molar-refractivity contribution in [3.63, 3.8) is 0 Å². The fourth-order valence-corrected chi connectivity index (χ4v) is 3.42. The van der Waals surface area contributed by atoms with Gasteiger partial charge in [-0.15, -0.1) is 0 Å². The van der Waals surface area contributed by atoms with Gasteiger partial charge in [-0.1, -0.05) is 11.6 Å². The lowest BCUT2D eigenvalue weighted by atomic mass is 9.88. The number of likely N-dealkylation sites (tertiary alicyclic amines) is 1. The molecule has 0 radical (unpaired) electrons. The van der Waals surface area contributed by atoms with Crippen LogP contribution in [0.4, 0.5) is 13.2 Å². The average Bonchev–Trinajstić information content (AvgIpc) is 2.83. The maximum atomic E-state index is 12.7. The largest absolute Gasteiger partial charge is 0.496 e. The molecule has 3 atom stereocenters. The number of alkyl halides is 3. The van der Waals surface area contributed by atoms with Gasteiger partial charge in [-0.2, -0.15) is 13.2 Å². The van der Waals surface area contributed by atoms with Gasteiger partial charge in [0.1, 0.15) is 5.75 Å². The minimum atomic E-state index is -5.21. The van der Waals surface area contributed by atoms with Crippen molar-refractivity contribution in [3.05, 3.63) is 27.8 Å². The first-order chi connectivity index (χ1) is 12.4. The Balaban J connectivity index is 2.60. The number of hydrogen-bond acceptors (Lipinski definition) is 5. The van der Waals surface area contributed by atoms with Crippen LogP contribution < -0.4 is 10.5 Å². The Hall–Kier alpha value is -2.00. The van der Waals surface area contributed by atoms with Crippen molar-refractivity contribution >= 4 is 23.5 Å². The smallest absolute Gasteiger partial charge is 0.490 e. The molecule has 2 rings (SSSR count). The quantitative estimate of drug-likeness (QED) is 0.775. The van der Waals surface area contributed by atoms with Crippen LogP contribution in [0.1, 0.15) is 35.6 Å². The van der Waals surface area contributed by atoms with E-state index in [1.54, 1.807) is 19.9 Å². The van der Waals surface area contributed by atoms with Crippen LogP contribution in [0, 0.1) is 6.92 Å². The lowest BCUT2D eigenvalue weighted by Gasteiger charge is -2.25. The van der Waals surface area contributed by atoms with Crippen LogP contribution in [0.2, 0.25) is 5.02 Å². The molecule has 0 spiro atoms. The van der Waals surface area contributed by atoms with Gasteiger partial charge in [-0.3, -0.25) is 4.79 Å². The number of benzene rings is 1. The van der Waals surface area contributed by atoms with E-state index in [-0.39, 0.29) is 6.54 Å². The van der Waals surface area contributed by atoms with Gasteiger partial charge in [0.2, 0.25) is 0 Å². The second-order valence-corrected chi connectivity index (χ2v) is 6.86. The van der Waals surface area contributed by atoms with Gasteiger partial charge >= 0.3 is 12.1 Å². The summed E-state index contributed by atoms with van der Waals surface area (Å²) in [7, 11) is 2.80. The third-order valence-electron chi connectivity index (χ3n) is 4.54. The summed E-state index contributed by atoms with van der Waals surface area (Å²) >= 11 is 6.27. The van der Waals surface area contributed by atoms with Gasteiger partial charge in [0.05, 0.1) is 13.0 Å². The van der Waals surface area contributed by atoms with Gasteiger partial charge in [0.15, 0.2) is 6.10 Å². The van der Waals surface area contributed by atoms with E-state index in [0.717, 1.165) is 0 Å². The van der Waals surface area contributed by atoms with Crippen molar-refractivity contribution in [1.29, 1.82) is 0 Å². The fourth-order valence-electron chi connectivity index (χ4n) is 3.20. The van der Waals surface area contributed by atoms with Crippen LogP contribution in [-0.4, -0.2) is 49.8 Å². The molecular weight excluding hydrogens is 389 g/mol. The van der Waals surface area contributed by atoms with Gasteiger partial charge in [0.25, 0.3) is 5.91 Å². The highest BCUT2D eigenvalue weighted by molar-refractivity contribution is 6.31. The molecular formula is C17H20ClF3N2O4. The van der Waals surface area contributed by atoms with E-state index in [9.17, 15) is 22.8 Å². The Morgan fingerprint density at radius 2 is 2.04 bits per heavy atom. The number of nitrogens with zero attached hydrogens (tertiary/aromatic N) is 1. The molecule has 1 fully saturated rings. The monoisotopic (exact) mass is 408 g/mol. The van der Waals surface area contributed by atoms with E-state index in [1.165, 1.54) is 19.1 Å². The lowest BCUT2D eigenvalue weighted by molar-refractivity contribution is -0.205. The van der Waals surface area contributed by atoms with Crippen molar-refractivity contribution < 1.29 is 32.2 Å². The number of hydrogen-bond donors (Lipinski definition) is 1. The SMILES string of the molecule is COc1c(C(C)N)cc(Cl)c(C)c1C1CN(C)C(=O)C1OC(=O)C(F)(F)F. The first-order valence-electron chi connectivity index (χ1n) is 8.05. The molecule has 10 heteroatoms. The molecule has 1 saturated heterocycles. The number of carbonyl (C=O) groups excluding carboxylic acids is 2. The molecule has 27 heavy (non-hydrogen) atoms. The van der Waals surface area contributed by atoms with Crippen molar-refractivity contribution in [2.24, 2.45) is 5.73 Å². The molecule has 1 amide bonds. The molecule has 0 aromatic heterocycles. The molecule has 0 saturated carbocycles. The Labute approximate surface area is 159 Å². The maximum Gasteiger partial charge on any atom is 0.490 e. The van der Waals surface area contributed by atoms with Crippen LogP contribution in [0.25, 0.3) is 0 Å². The molecule has 150 valence electrons. The Morgan fingerprint density at radius 1 is 1.44 bits per heavy atom. The zero-order valence-electron chi connectivity index (χ0n) is 15.2. The zero-order valence-corrected chi connectivity index (χ0v) is 15.9. The first-order valence-corrected chi connectivity index (χ1v) is 8.43. The average molecular weight is 409 g/mol. The van der Waals surface area contributed by atoms with Gasteiger partial charge in [0, 0.05) is 35.8 Å². The summed E-state index contributed by atoms with van der Waals surface area (Å²) in [6.07, 6.45) is -6.85. The van der Waals surface area contributed by atoms with Crippen LogP contribution in [0.15, 0.2) is 6.07 Å². The number of halogens is 4. The van der Waals surface area contributed by atoms with E-state index in [0.29, 0.717) is 27.5 Å². The minimum Gasteiger partial charge on any atom is -0.496 e. The highest BCUT2D eigenvalue weighted by Gasteiger charge is 2.49. The second-order valence-electron chi connectivity index (χ2n) is 6.46. The summed E-state index contributed by atoms with van der Waals surface area (Å²) in [6, 6.07) is 1.13. The number of likely N-dealkylation sites (N-methyl/N-ethyl adjacent to an activating group) is 1. The van der Waals surface area contributed by atoms with E-state index in [2.05, 4.69) is 4.74 Å². The fraction of sp³-hybridized carbons (Fsp3) is 0.529. The van der Waals surface area contributed by atoms with Crippen LogP contribution >= 0.6 is 11.6 Å². The summed E-state index contributed by atoms with van der Waals surface area (Å²) in [5, 5.41) is 0.320. The third-order valence-corrected chi connectivity index (χ3v) is 4.93. The zero-order chi connectivity index (χ0) is 20.7. The normalized spacial score (nSPS) is 21.4. The van der Waals surface area contributed by atoms with Gasteiger partial charge in [-0.25, -0.2) is 4.79 Å². The minimum absolute atomic E-state index is 0.0323. The number of methoxy groups -OCH3 is 1. The number of amides is 1. The summed E-state index contributed by atoms with van der Waals surface area (Å²) in [4.78, 5) is 24.9. The van der Waals surface area contributed by atoms with Crippen molar-refractivity contribution in [2.45, 2.75) is 38.1 Å². The van der Waals surface area contributed by atoms with Crippen LogP contribution in [-0.2, 0) is 14.3 Å². The number of nitrogens with two attached hydrogens (primary N) is 1. The van der Waals surface area contributed by atoms with E-state index < -0.39 is 36.1 Å². The Morgan fingerprint density at radius 3 is 2.52 bits per heavy atom. The molecule has 6 nitrogen and oxygen atoms in total. The Bertz CT molecular complexity index is 768. The highest BCUT2D eigenvalue weighted by Crippen LogP contribution is 2.43. The van der Waals surface area contributed by atoms with Gasteiger partial charge in [-0.05, 0) is 25.5 Å². The summed E-state index contributed by atoms with van der Waals surface area (Å²) in [6.45, 7) is 3.38. The van der Waals surface area contributed by atoms with Crippen molar-refractivity contribution in [3.8, 4) is 5.75 Å². The summed E-state index contributed by atoms with van der Waals surface area (Å²) < 4.78 is 47.9.